The predicted molar refractivity (Wildman–Crippen MR) is 103 cm³/mol. The standard InChI is InChI=1S/C19H14Cl2N4O/c1-2-15-22-16-17(19(26)23-15)24-25(14-6-4-3-5-13(14)21)18(16)11-7-9-12(20)10-8-11/h3-10H,2H2,1H3,(H,22,23,26). The number of hydrogen-bond donors (Lipinski definition) is 1. The number of halogens is 2. The van der Waals surface area contributed by atoms with Crippen molar-refractivity contribution in [2.24, 2.45) is 0 Å². The van der Waals surface area contributed by atoms with E-state index in [9.17, 15) is 5.11 Å². The van der Waals surface area contributed by atoms with Crippen LogP contribution in [0.2, 0.25) is 10.0 Å². The summed E-state index contributed by atoms with van der Waals surface area (Å²) >= 11 is 12.4. The summed E-state index contributed by atoms with van der Waals surface area (Å²) in [6.45, 7) is 1.93. The van der Waals surface area contributed by atoms with Gasteiger partial charge in [0.15, 0.2) is 5.52 Å². The van der Waals surface area contributed by atoms with Gasteiger partial charge in [0.25, 0.3) is 0 Å². The first-order valence-electron chi connectivity index (χ1n) is 8.08. The maximum Gasteiger partial charge on any atom is 0.243 e. The third-order valence-electron chi connectivity index (χ3n) is 4.06. The van der Waals surface area contributed by atoms with Crippen molar-refractivity contribution in [1.82, 2.24) is 19.7 Å². The summed E-state index contributed by atoms with van der Waals surface area (Å²) in [4.78, 5) is 8.71. The summed E-state index contributed by atoms with van der Waals surface area (Å²) in [5, 5.41) is 16.1. The number of aromatic nitrogens is 4. The number of aromatic hydroxyl groups is 1. The molecular formula is C19H14Cl2N4O. The number of fused-ring (bicyclic) bond motifs is 1. The second kappa shape index (κ2) is 6.59. The topological polar surface area (TPSA) is 63.8 Å². The summed E-state index contributed by atoms with van der Waals surface area (Å²) in [5.74, 6) is 0.400. The molecule has 2 aromatic heterocycles. The van der Waals surface area contributed by atoms with Crippen LogP contribution in [0.25, 0.3) is 28.0 Å². The van der Waals surface area contributed by atoms with Crippen molar-refractivity contribution in [2.75, 3.05) is 0 Å². The lowest BCUT2D eigenvalue weighted by molar-refractivity contribution is 0.455. The van der Waals surface area contributed by atoms with Gasteiger partial charge in [0.1, 0.15) is 17.0 Å². The summed E-state index contributed by atoms with van der Waals surface area (Å²) in [5.41, 5.74) is 3.16. The fourth-order valence-electron chi connectivity index (χ4n) is 2.82. The second-order valence-electron chi connectivity index (χ2n) is 5.73. The highest BCUT2D eigenvalue weighted by molar-refractivity contribution is 6.32. The lowest BCUT2D eigenvalue weighted by Crippen LogP contribution is -2.00. The van der Waals surface area contributed by atoms with Gasteiger partial charge < -0.3 is 5.11 Å². The van der Waals surface area contributed by atoms with Crippen molar-refractivity contribution >= 4 is 34.2 Å². The van der Waals surface area contributed by atoms with Crippen LogP contribution < -0.4 is 0 Å². The highest BCUT2D eigenvalue weighted by atomic mass is 35.5. The summed E-state index contributed by atoms with van der Waals surface area (Å²) in [7, 11) is 0. The van der Waals surface area contributed by atoms with E-state index in [0.29, 0.717) is 39.0 Å². The van der Waals surface area contributed by atoms with Gasteiger partial charge in [-0.15, -0.1) is 0 Å². The minimum Gasteiger partial charge on any atom is -0.492 e. The average molecular weight is 385 g/mol. The predicted octanol–water partition coefficient (Wildman–Crippen LogP) is 5.06. The van der Waals surface area contributed by atoms with Crippen LogP contribution >= 0.6 is 23.2 Å². The molecule has 2 aromatic carbocycles. The lowest BCUT2D eigenvalue weighted by atomic mass is 10.1. The van der Waals surface area contributed by atoms with Crippen LogP contribution in [0.1, 0.15) is 12.7 Å². The highest BCUT2D eigenvalue weighted by Gasteiger charge is 2.21. The molecule has 4 rings (SSSR count). The van der Waals surface area contributed by atoms with Crippen LogP contribution in [-0.2, 0) is 6.42 Å². The maximum absolute atomic E-state index is 10.3. The van der Waals surface area contributed by atoms with Gasteiger partial charge in [-0.25, -0.2) is 9.67 Å². The Morgan fingerprint density at radius 1 is 0.962 bits per heavy atom. The molecule has 1 N–H and O–H groups in total. The zero-order valence-electron chi connectivity index (χ0n) is 13.8. The van der Waals surface area contributed by atoms with E-state index in [1.54, 1.807) is 22.9 Å². The van der Waals surface area contributed by atoms with Gasteiger partial charge in [-0.05, 0) is 24.3 Å². The second-order valence-corrected chi connectivity index (χ2v) is 6.58. The third kappa shape index (κ3) is 2.79. The molecule has 0 radical (unpaired) electrons. The van der Waals surface area contributed by atoms with Crippen LogP contribution in [0.5, 0.6) is 5.88 Å². The van der Waals surface area contributed by atoms with Gasteiger partial charge >= 0.3 is 0 Å². The third-order valence-corrected chi connectivity index (χ3v) is 4.63. The van der Waals surface area contributed by atoms with Crippen molar-refractivity contribution in [1.29, 1.82) is 0 Å². The largest absolute Gasteiger partial charge is 0.492 e. The SMILES string of the molecule is CCc1nc(O)c2nn(-c3ccccc3Cl)c(-c3ccc(Cl)cc3)c2n1. The van der Waals surface area contributed by atoms with Crippen molar-refractivity contribution in [3.8, 4) is 22.8 Å². The first-order chi connectivity index (χ1) is 12.6. The molecule has 0 aliphatic rings. The summed E-state index contributed by atoms with van der Waals surface area (Å²) in [6.07, 6.45) is 0.598. The number of para-hydroxylation sites is 1. The van der Waals surface area contributed by atoms with Crippen LogP contribution in [-0.4, -0.2) is 24.9 Å². The molecule has 0 saturated heterocycles. The van der Waals surface area contributed by atoms with E-state index in [-0.39, 0.29) is 5.88 Å². The van der Waals surface area contributed by atoms with E-state index in [2.05, 4.69) is 15.1 Å². The Hall–Kier alpha value is -2.63. The molecule has 5 nitrogen and oxygen atoms in total. The summed E-state index contributed by atoms with van der Waals surface area (Å²) < 4.78 is 1.68. The van der Waals surface area contributed by atoms with Crippen molar-refractivity contribution in [2.45, 2.75) is 13.3 Å². The number of benzene rings is 2. The minimum absolute atomic E-state index is 0.145. The number of hydrogen-bond acceptors (Lipinski definition) is 4. The zero-order chi connectivity index (χ0) is 18.3. The smallest absolute Gasteiger partial charge is 0.243 e. The molecule has 0 amide bonds. The Labute approximate surface area is 159 Å². The van der Waals surface area contributed by atoms with Crippen LogP contribution in [0.3, 0.4) is 0 Å². The normalized spacial score (nSPS) is 11.2. The molecule has 0 aliphatic carbocycles. The van der Waals surface area contributed by atoms with Gasteiger partial charge in [0, 0.05) is 17.0 Å². The Balaban J connectivity index is 2.11. The first kappa shape index (κ1) is 16.8. The van der Waals surface area contributed by atoms with Crippen LogP contribution in [0, 0.1) is 0 Å². The van der Waals surface area contributed by atoms with Gasteiger partial charge in [-0.3, -0.25) is 0 Å². The van der Waals surface area contributed by atoms with E-state index in [1.807, 2.05) is 37.3 Å². The molecule has 2 heterocycles. The fourth-order valence-corrected chi connectivity index (χ4v) is 3.16. The quantitative estimate of drug-likeness (QED) is 0.536. The molecule has 26 heavy (non-hydrogen) atoms. The minimum atomic E-state index is -0.145. The zero-order valence-corrected chi connectivity index (χ0v) is 15.3. The fraction of sp³-hybridized carbons (Fsp3) is 0.105. The maximum atomic E-state index is 10.3. The molecule has 0 spiro atoms. The number of rotatable bonds is 3. The first-order valence-corrected chi connectivity index (χ1v) is 8.83. The van der Waals surface area contributed by atoms with E-state index in [1.165, 1.54) is 0 Å². The summed E-state index contributed by atoms with van der Waals surface area (Å²) in [6, 6.07) is 14.7. The Bertz CT molecular complexity index is 1110. The van der Waals surface area contributed by atoms with Gasteiger partial charge in [-0.1, -0.05) is 54.4 Å². The average Bonchev–Trinajstić information content (AvgIpc) is 3.02. The molecule has 0 unspecified atom stereocenters. The van der Waals surface area contributed by atoms with Crippen molar-refractivity contribution < 1.29 is 5.11 Å². The molecular weight excluding hydrogens is 371 g/mol. The number of nitrogens with zero attached hydrogens (tertiary/aromatic N) is 4. The van der Waals surface area contributed by atoms with Crippen molar-refractivity contribution in [3.63, 3.8) is 0 Å². The Kier molecular flexibility index (Phi) is 4.26. The van der Waals surface area contributed by atoms with Gasteiger partial charge in [-0.2, -0.15) is 10.1 Å². The monoisotopic (exact) mass is 384 g/mol. The molecule has 0 fully saturated rings. The Morgan fingerprint density at radius 2 is 1.69 bits per heavy atom. The van der Waals surface area contributed by atoms with Gasteiger partial charge in [0.2, 0.25) is 5.88 Å². The van der Waals surface area contributed by atoms with Crippen molar-refractivity contribution in [3.05, 3.63) is 64.4 Å². The molecule has 4 aromatic rings. The molecule has 0 saturated carbocycles. The highest BCUT2D eigenvalue weighted by Crippen LogP contribution is 2.35. The van der Waals surface area contributed by atoms with E-state index < -0.39 is 0 Å². The molecule has 130 valence electrons. The van der Waals surface area contributed by atoms with Crippen LogP contribution in [0.4, 0.5) is 0 Å². The van der Waals surface area contributed by atoms with E-state index in [0.717, 1.165) is 11.3 Å². The molecule has 0 aliphatic heterocycles. The number of aryl methyl sites for hydroxylation is 1. The molecule has 7 heteroatoms. The molecule has 0 atom stereocenters. The van der Waals surface area contributed by atoms with E-state index >= 15 is 0 Å². The van der Waals surface area contributed by atoms with E-state index in [4.69, 9.17) is 23.2 Å². The molecule has 0 bridgehead atoms. The van der Waals surface area contributed by atoms with Crippen LogP contribution in [0.15, 0.2) is 48.5 Å². The lowest BCUT2D eigenvalue weighted by Gasteiger charge is -2.09. The van der Waals surface area contributed by atoms with Gasteiger partial charge in [0.05, 0.1) is 10.7 Å². The Morgan fingerprint density at radius 3 is 2.38 bits per heavy atom.